The molecule has 2 amide bonds. The van der Waals surface area contributed by atoms with Gasteiger partial charge in [0.2, 0.25) is 0 Å². The number of fused-ring (bicyclic) bond motifs is 1. The topological polar surface area (TPSA) is 72.9 Å². The lowest BCUT2D eigenvalue weighted by Gasteiger charge is -2.28. The zero-order valence-corrected chi connectivity index (χ0v) is 14.2. The van der Waals surface area contributed by atoms with Gasteiger partial charge in [-0.25, -0.2) is 4.79 Å². The van der Waals surface area contributed by atoms with Gasteiger partial charge in [0, 0.05) is 0 Å². The highest BCUT2D eigenvalue weighted by molar-refractivity contribution is 6.21. The van der Waals surface area contributed by atoms with Gasteiger partial charge in [0.1, 0.15) is 5.76 Å². The first-order valence-corrected chi connectivity index (χ1v) is 7.71. The Balaban J connectivity index is 2.46. The Labute approximate surface area is 141 Å². The molecule has 0 radical (unpaired) electrons. The number of rotatable bonds is 6. The molecule has 0 saturated heterocycles. The molecule has 1 atom stereocenters. The Morgan fingerprint density at radius 1 is 1.08 bits per heavy atom. The fourth-order valence-corrected chi connectivity index (χ4v) is 2.75. The molecule has 2 rings (SSSR count). The summed E-state index contributed by atoms with van der Waals surface area (Å²) in [6.45, 7) is 3.94. The second-order valence-electron chi connectivity index (χ2n) is 5.95. The molecule has 1 aliphatic heterocycles. The predicted octanol–water partition coefficient (Wildman–Crippen LogP) is 2.40. The van der Waals surface area contributed by atoms with Crippen molar-refractivity contribution in [3.05, 3.63) is 47.2 Å². The molecule has 1 aromatic carbocycles. The highest BCUT2D eigenvalue weighted by Gasteiger charge is 2.41. The van der Waals surface area contributed by atoms with Crippen molar-refractivity contribution in [3.8, 4) is 0 Å². The van der Waals surface area contributed by atoms with Gasteiger partial charge < -0.3 is 9.47 Å². The number of imide groups is 1. The summed E-state index contributed by atoms with van der Waals surface area (Å²) < 4.78 is 9.94. The van der Waals surface area contributed by atoms with Crippen LogP contribution in [0.3, 0.4) is 0 Å². The van der Waals surface area contributed by atoms with Crippen LogP contribution >= 0.6 is 0 Å². The largest absolute Gasteiger partial charge is 0.499 e. The SMILES string of the molecule is COC(=O)C=C(OC)[C@H](CC(C)C)N1C(=O)c2ccccc2C1=O. The van der Waals surface area contributed by atoms with E-state index in [-0.39, 0.29) is 23.5 Å². The molecule has 1 aliphatic rings. The first-order chi connectivity index (χ1) is 11.4. The molecule has 0 bridgehead atoms. The third kappa shape index (κ3) is 3.32. The summed E-state index contributed by atoms with van der Waals surface area (Å²) >= 11 is 0. The van der Waals surface area contributed by atoms with Crippen molar-refractivity contribution < 1.29 is 23.9 Å². The van der Waals surface area contributed by atoms with Gasteiger partial charge in [-0.15, -0.1) is 0 Å². The van der Waals surface area contributed by atoms with Gasteiger partial charge in [-0.1, -0.05) is 26.0 Å². The minimum Gasteiger partial charge on any atom is -0.499 e. The predicted molar refractivity (Wildman–Crippen MR) is 87.3 cm³/mol. The Bertz CT molecular complexity index is 657. The quantitative estimate of drug-likeness (QED) is 0.346. The molecule has 0 spiro atoms. The molecule has 6 nitrogen and oxygen atoms in total. The van der Waals surface area contributed by atoms with Gasteiger partial charge in [-0.2, -0.15) is 0 Å². The summed E-state index contributed by atoms with van der Waals surface area (Å²) in [6, 6.07) is 6.01. The van der Waals surface area contributed by atoms with E-state index < -0.39 is 12.0 Å². The number of methoxy groups -OCH3 is 2. The molecule has 0 aromatic heterocycles. The molecule has 0 unspecified atom stereocenters. The molecule has 0 fully saturated rings. The van der Waals surface area contributed by atoms with E-state index in [0.717, 1.165) is 0 Å². The maximum atomic E-state index is 12.7. The number of hydrogen-bond acceptors (Lipinski definition) is 5. The van der Waals surface area contributed by atoms with Crippen molar-refractivity contribution in [2.45, 2.75) is 26.3 Å². The summed E-state index contributed by atoms with van der Waals surface area (Å²) in [6.07, 6.45) is 1.65. The van der Waals surface area contributed by atoms with Gasteiger partial charge in [0.25, 0.3) is 11.8 Å². The van der Waals surface area contributed by atoms with Gasteiger partial charge in [-0.05, 0) is 24.5 Å². The van der Waals surface area contributed by atoms with E-state index in [2.05, 4.69) is 4.74 Å². The Morgan fingerprint density at radius 2 is 1.62 bits per heavy atom. The molecule has 1 heterocycles. The number of amides is 2. The van der Waals surface area contributed by atoms with Gasteiger partial charge in [0.15, 0.2) is 0 Å². The highest BCUT2D eigenvalue weighted by Crippen LogP contribution is 2.30. The normalized spacial score (nSPS) is 15.5. The van der Waals surface area contributed by atoms with Gasteiger partial charge in [-0.3, -0.25) is 14.5 Å². The van der Waals surface area contributed by atoms with Crippen LogP contribution in [0.1, 0.15) is 41.0 Å². The average Bonchev–Trinajstić information content (AvgIpc) is 2.82. The van der Waals surface area contributed by atoms with Gasteiger partial charge >= 0.3 is 5.97 Å². The zero-order chi connectivity index (χ0) is 17.9. The van der Waals surface area contributed by atoms with Crippen LogP contribution in [0.2, 0.25) is 0 Å². The van der Waals surface area contributed by atoms with Crippen LogP contribution in [0.5, 0.6) is 0 Å². The second kappa shape index (κ2) is 7.29. The van der Waals surface area contributed by atoms with Crippen LogP contribution in [-0.2, 0) is 14.3 Å². The van der Waals surface area contributed by atoms with Crippen molar-refractivity contribution in [2.75, 3.05) is 14.2 Å². The molecule has 0 aliphatic carbocycles. The van der Waals surface area contributed by atoms with E-state index in [4.69, 9.17) is 4.74 Å². The van der Waals surface area contributed by atoms with Crippen LogP contribution in [-0.4, -0.2) is 42.9 Å². The van der Waals surface area contributed by atoms with Crippen LogP contribution < -0.4 is 0 Å². The summed E-state index contributed by atoms with van der Waals surface area (Å²) in [7, 11) is 2.66. The molecular formula is C18H21NO5. The van der Waals surface area contributed by atoms with E-state index >= 15 is 0 Å². The fraction of sp³-hybridized carbons (Fsp3) is 0.389. The van der Waals surface area contributed by atoms with Gasteiger partial charge in [0.05, 0.1) is 37.5 Å². The lowest BCUT2D eigenvalue weighted by molar-refractivity contribution is -0.135. The summed E-state index contributed by atoms with van der Waals surface area (Å²) in [5.41, 5.74) is 0.731. The van der Waals surface area contributed by atoms with Crippen LogP contribution in [0.4, 0.5) is 0 Å². The molecule has 0 N–H and O–H groups in total. The molecular weight excluding hydrogens is 310 g/mol. The fourth-order valence-electron chi connectivity index (χ4n) is 2.75. The van der Waals surface area contributed by atoms with Crippen molar-refractivity contribution >= 4 is 17.8 Å². The monoisotopic (exact) mass is 331 g/mol. The Kier molecular flexibility index (Phi) is 5.39. The maximum Gasteiger partial charge on any atom is 0.333 e. The number of esters is 1. The number of hydrogen-bond donors (Lipinski definition) is 0. The van der Waals surface area contributed by atoms with E-state index in [1.807, 2.05) is 13.8 Å². The Hall–Kier alpha value is -2.63. The number of nitrogens with zero attached hydrogens (tertiary/aromatic N) is 1. The maximum absolute atomic E-state index is 12.7. The average molecular weight is 331 g/mol. The molecule has 0 saturated carbocycles. The zero-order valence-electron chi connectivity index (χ0n) is 14.2. The molecule has 128 valence electrons. The van der Waals surface area contributed by atoms with E-state index in [1.54, 1.807) is 24.3 Å². The third-order valence-corrected chi connectivity index (χ3v) is 3.86. The van der Waals surface area contributed by atoms with E-state index in [1.165, 1.54) is 25.2 Å². The first-order valence-electron chi connectivity index (χ1n) is 7.71. The van der Waals surface area contributed by atoms with E-state index in [0.29, 0.717) is 17.5 Å². The number of ether oxygens (including phenoxy) is 2. The summed E-state index contributed by atoms with van der Waals surface area (Å²) in [5, 5.41) is 0. The molecule has 1 aromatic rings. The number of benzene rings is 1. The van der Waals surface area contributed by atoms with Crippen molar-refractivity contribution in [1.29, 1.82) is 0 Å². The second-order valence-corrected chi connectivity index (χ2v) is 5.95. The minimum absolute atomic E-state index is 0.176. The van der Waals surface area contributed by atoms with Crippen molar-refractivity contribution in [3.63, 3.8) is 0 Å². The van der Waals surface area contributed by atoms with Crippen molar-refractivity contribution in [2.24, 2.45) is 5.92 Å². The smallest absolute Gasteiger partial charge is 0.333 e. The van der Waals surface area contributed by atoms with Crippen LogP contribution in [0.25, 0.3) is 0 Å². The number of carbonyl (C=O) groups is 3. The van der Waals surface area contributed by atoms with Crippen LogP contribution in [0, 0.1) is 5.92 Å². The van der Waals surface area contributed by atoms with Crippen molar-refractivity contribution in [1.82, 2.24) is 4.90 Å². The Morgan fingerprint density at radius 3 is 2.04 bits per heavy atom. The lowest BCUT2D eigenvalue weighted by atomic mass is 10.00. The lowest BCUT2D eigenvalue weighted by Crippen LogP contribution is -2.42. The van der Waals surface area contributed by atoms with Crippen LogP contribution in [0.15, 0.2) is 36.1 Å². The summed E-state index contributed by atoms with van der Waals surface area (Å²) in [5.74, 6) is -0.957. The highest BCUT2D eigenvalue weighted by atomic mass is 16.5. The molecule has 6 heteroatoms. The minimum atomic E-state index is -0.665. The third-order valence-electron chi connectivity index (χ3n) is 3.86. The molecule has 24 heavy (non-hydrogen) atoms. The number of carbonyl (C=O) groups excluding carboxylic acids is 3. The van der Waals surface area contributed by atoms with E-state index in [9.17, 15) is 14.4 Å². The first kappa shape index (κ1) is 17.7. The summed E-state index contributed by atoms with van der Waals surface area (Å²) in [4.78, 5) is 38.2. The standard InChI is InChI=1S/C18H21NO5/c1-11(2)9-14(15(23-3)10-16(20)24-4)19-17(21)12-7-5-6-8-13(12)18(19)22/h5-8,10-11,14H,9H2,1-4H3/t14-/m0/s1.